The molecule has 1 aliphatic heterocycles. The Morgan fingerprint density at radius 2 is 1.86 bits per heavy atom. The Bertz CT molecular complexity index is 1440. The SMILES string of the molecule is Cc1cc([C@@H](C)Nc2ccccc2C(=O)O)c2nc(C3=CCN(C(=O)C(C)C)CC3)n(C)c(=O)c2c1. The first kappa shape index (κ1) is 25.2. The van der Waals surface area contributed by atoms with E-state index in [2.05, 4.69) is 5.32 Å². The summed E-state index contributed by atoms with van der Waals surface area (Å²) in [5.74, 6) is -0.366. The number of amides is 1. The van der Waals surface area contributed by atoms with Crippen LogP contribution in [0.25, 0.3) is 16.5 Å². The van der Waals surface area contributed by atoms with Crippen LogP contribution in [0.5, 0.6) is 0 Å². The summed E-state index contributed by atoms with van der Waals surface area (Å²) in [7, 11) is 1.73. The molecule has 0 radical (unpaired) electrons. The lowest BCUT2D eigenvalue weighted by Crippen LogP contribution is -2.37. The van der Waals surface area contributed by atoms with E-state index in [-0.39, 0.29) is 29.0 Å². The largest absolute Gasteiger partial charge is 0.478 e. The molecule has 4 rings (SSSR count). The number of carbonyl (C=O) groups excluding carboxylic acids is 1. The number of rotatable bonds is 6. The van der Waals surface area contributed by atoms with Crippen molar-refractivity contribution in [3.05, 3.63) is 75.3 Å². The van der Waals surface area contributed by atoms with E-state index in [0.29, 0.717) is 41.9 Å². The Balaban J connectivity index is 1.77. The van der Waals surface area contributed by atoms with E-state index < -0.39 is 5.97 Å². The minimum Gasteiger partial charge on any atom is -0.478 e. The zero-order chi connectivity index (χ0) is 26.1. The zero-order valence-electron chi connectivity index (χ0n) is 21.3. The van der Waals surface area contributed by atoms with Crippen molar-refractivity contribution < 1.29 is 14.7 Å². The van der Waals surface area contributed by atoms with Crippen molar-refractivity contribution in [2.75, 3.05) is 18.4 Å². The van der Waals surface area contributed by atoms with E-state index in [1.54, 1.807) is 35.9 Å². The quantitative estimate of drug-likeness (QED) is 0.533. The van der Waals surface area contributed by atoms with Crippen LogP contribution in [-0.4, -0.2) is 44.5 Å². The highest BCUT2D eigenvalue weighted by Gasteiger charge is 2.23. The molecule has 0 spiro atoms. The number of carboxylic acids is 1. The summed E-state index contributed by atoms with van der Waals surface area (Å²) in [6, 6.07) is 10.3. The fourth-order valence-corrected chi connectivity index (χ4v) is 4.71. The Labute approximate surface area is 210 Å². The van der Waals surface area contributed by atoms with E-state index in [1.807, 2.05) is 50.8 Å². The number of aromatic nitrogens is 2. The maximum Gasteiger partial charge on any atom is 0.337 e. The second kappa shape index (κ2) is 9.97. The lowest BCUT2D eigenvalue weighted by molar-refractivity contribution is -0.134. The summed E-state index contributed by atoms with van der Waals surface area (Å²) in [5.41, 5.74) is 3.81. The van der Waals surface area contributed by atoms with E-state index in [9.17, 15) is 19.5 Å². The molecule has 1 atom stereocenters. The molecule has 2 aromatic carbocycles. The fraction of sp³-hybridized carbons (Fsp3) is 0.357. The predicted octanol–water partition coefficient (Wildman–Crippen LogP) is 4.38. The first-order valence-electron chi connectivity index (χ1n) is 12.2. The predicted molar refractivity (Wildman–Crippen MR) is 141 cm³/mol. The molecule has 8 nitrogen and oxygen atoms in total. The van der Waals surface area contributed by atoms with Crippen LogP contribution < -0.4 is 10.9 Å². The van der Waals surface area contributed by atoms with Crippen LogP contribution in [0, 0.1) is 12.8 Å². The molecule has 0 fully saturated rings. The van der Waals surface area contributed by atoms with Crippen molar-refractivity contribution >= 4 is 34.0 Å². The van der Waals surface area contributed by atoms with Gasteiger partial charge in [-0.05, 0) is 49.6 Å². The van der Waals surface area contributed by atoms with Gasteiger partial charge in [-0.2, -0.15) is 0 Å². The van der Waals surface area contributed by atoms with Crippen molar-refractivity contribution in [1.82, 2.24) is 14.5 Å². The van der Waals surface area contributed by atoms with E-state index >= 15 is 0 Å². The molecule has 2 N–H and O–H groups in total. The molecular weight excluding hydrogens is 456 g/mol. The van der Waals surface area contributed by atoms with Gasteiger partial charge in [0.15, 0.2) is 0 Å². The van der Waals surface area contributed by atoms with Gasteiger partial charge >= 0.3 is 5.97 Å². The maximum atomic E-state index is 13.4. The number of hydrogen-bond donors (Lipinski definition) is 2. The molecule has 1 aliphatic rings. The minimum absolute atomic E-state index is 0.0610. The van der Waals surface area contributed by atoms with Gasteiger partial charge in [-0.3, -0.25) is 14.2 Å². The number of fused-ring (bicyclic) bond motifs is 1. The van der Waals surface area contributed by atoms with Gasteiger partial charge in [0, 0.05) is 37.3 Å². The molecule has 8 heteroatoms. The Morgan fingerprint density at radius 3 is 2.50 bits per heavy atom. The first-order chi connectivity index (χ1) is 17.1. The van der Waals surface area contributed by atoms with Crippen molar-refractivity contribution in [2.24, 2.45) is 13.0 Å². The van der Waals surface area contributed by atoms with E-state index in [1.165, 1.54) is 0 Å². The summed E-state index contributed by atoms with van der Waals surface area (Å²) in [6.07, 6.45) is 2.60. The number of aromatic carboxylic acids is 1. The monoisotopic (exact) mass is 488 g/mol. The highest BCUT2D eigenvalue weighted by atomic mass is 16.4. The fourth-order valence-electron chi connectivity index (χ4n) is 4.71. The lowest BCUT2D eigenvalue weighted by atomic mass is 9.99. The number of aryl methyl sites for hydroxylation is 1. The van der Waals surface area contributed by atoms with Crippen molar-refractivity contribution in [2.45, 2.75) is 40.2 Å². The van der Waals surface area contributed by atoms with Crippen LogP contribution >= 0.6 is 0 Å². The number of carboxylic acid groups (broad SMARTS) is 1. The summed E-state index contributed by atoms with van der Waals surface area (Å²) < 4.78 is 1.58. The summed E-state index contributed by atoms with van der Waals surface area (Å²) in [6.45, 7) is 8.72. The molecule has 0 unspecified atom stereocenters. The van der Waals surface area contributed by atoms with Gasteiger partial charge in [0.1, 0.15) is 5.82 Å². The molecule has 0 bridgehead atoms. The summed E-state index contributed by atoms with van der Waals surface area (Å²) >= 11 is 0. The highest BCUT2D eigenvalue weighted by molar-refractivity contribution is 5.94. The van der Waals surface area contributed by atoms with Crippen LogP contribution in [0.1, 0.15) is 60.5 Å². The molecule has 2 heterocycles. The van der Waals surface area contributed by atoms with Crippen molar-refractivity contribution in [3.8, 4) is 0 Å². The smallest absolute Gasteiger partial charge is 0.337 e. The third kappa shape index (κ3) is 4.76. The molecule has 1 amide bonds. The van der Waals surface area contributed by atoms with Crippen LogP contribution in [0.15, 0.2) is 47.3 Å². The van der Waals surface area contributed by atoms with Crippen molar-refractivity contribution in [1.29, 1.82) is 0 Å². The first-order valence-corrected chi connectivity index (χ1v) is 12.2. The number of anilines is 1. The van der Waals surface area contributed by atoms with Crippen LogP contribution in [0.4, 0.5) is 5.69 Å². The van der Waals surface area contributed by atoms with Crippen LogP contribution in [-0.2, 0) is 11.8 Å². The molecule has 0 aliphatic carbocycles. The maximum absolute atomic E-state index is 13.4. The van der Waals surface area contributed by atoms with Gasteiger partial charge in [-0.25, -0.2) is 9.78 Å². The van der Waals surface area contributed by atoms with E-state index in [0.717, 1.165) is 16.7 Å². The number of para-hydroxylation sites is 1. The zero-order valence-corrected chi connectivity index (χ0v) is 21.3. The van der Waals surface area contributed by atoms with Gasteiger partial charge < -0.3 is 15.3 Å². The standard InChI is InChI=1S/C28H32N4O4/c1-16(2)26(33)32-12-10-19(11-13-32)25-30-24-21(14-17(3)15-22(24)27(34)31(25)5)18(4)29-23-9-7-6-8-20(23)28(35)36/h6-10,14-16,18,29H,11-13H2,1-5H3,(H,35,36)/t18-/m1/s1. The molecule has 3 aromatic rings. The number of carbonyl (C=O) groups is 2. The third-order valence-corrected chi connectivity index (χ3v) is 6.65. The van der Waals surface area contributed by atoms with Crippen molar-refractivity contribution in [3.63, 3.8) is 0 Å². The Hall–Kier alpha value is -3.94. The van der Waals surface area contributed by atoms with Crippen LogP contribution in [0.2, 0.25) is 0 Å². The number of nitrogens with one attached hydrogen (secondary N) is 1. The second-order valence-corrected chi connectivity index (χ2v) is 9.68. The lowest BCUT2D eigenvalue weighted by Gasteiger charge is -2.28. The van der Waals surface area contributed by atoms with Gasteiger partial charge in [0.25, 0.3) is 5.56 Å². The highest BCUT2D eigenvalue weighted by Crippen LogP contribution is 2.29. The Kier molecular flexibility index (Phi) is 6.97. The number of nitrogens with zero attached hydrogens (tertiary/aromatic N) is 3. The number of benzene rings is 2. The van der Waals surface area contributed by atoms with Gasteiger partial charge in [-0.1, -0.05) is 38.1 Å². The van der Waals surface area contributed by atoms with Gasteiger partial charge in [-0.15, -0.1) is 0 Å². The molecular formula is C28H32N4O4. The summed E-state index contributed by atoms with van der Waals surface area (Å²) in [4.78, 5) is 44.3. The third-order valence-electron chi connectivity index (χ3n) is 6.65. The molecule has 0 saturated carbocycles. The Morgan fingerprint density at radius 1 is 1.14 bits per heavy atom. The normalized spacial score (nSPS) is 14.6. The van der Waals surface area contributed by atoms with Gasteiger partial charge in [0.2, 0.25) is 5.91 Å². The molecule has 188 valence electrons. The average Bonchev–Trinajstić information content (AvgIpc) is 2.85. The molecule has 1 aromatic heterocycles. The topological polar surface area (TPSA) is 105 Å². The molecule has 36 heavy (non-hydrogen) atoms. The van der Waals surface area contributed by atoms with Crippen LogP contribution in [0.3, 0.4) is 0 Å². The minimum atomic E-state index is -1.01. The number of hydrogen-bond acceptors (Lipinski definition) is 5. The molecule has 0 saturated heterocycles. The average molecular weight is 489 g/mol. The van der Waals surface area contributed by atoms with E-state index in [4.69, 9.17) is 4.98 Å². The summed E-state index contributed by atoms with van der Waals surface area (Å²) in [5, 5.41) is 13.4. The second-order valence-electron chi connectivity index (χ2n) is 9.68. The van der Waals surface area contributed by atoms with Gasteiger partial charge in [0.05, 0.1) is 22.5 Å².